The highest BCUT2D eigenvalue weighted by Crippen LogP contribution is 2.33. The molecule has 2 nitrogen and oxygen atoms in total. The quantitative estimate of drug-likeness (QED) is 0.510. The van der Waals surface area contributed by atoms with Crippen LogP contribution in [0.15, 0.2) is 18.2 Å². The van der Waals surface area contributed by atoms with Gasteiger partial charge in [-0.1, -0.05) is 6.07 Å². The first kappa shape index (κ1) is 12.8. The minimum absolute atomic E-state index is 0.160. The van der Waals surface area contributed by atoms with E-state index in [0.717, 1.165) is 6.07 Å². The number of rotatable bonds is 3. The molecule has 1 aromatic rings. The normalized spacial score (nSPS) is 13.5. The minimum Gasteiger partial charge on any atom is -0.398 e. The first-order valence-corrected chi connectivity index (χ1v) is 4.83. The fourth-order valence-corrected chi connectivity index (χ4v) is 1.45. The number of hydrogen-bond donors (Lipinski definition) is 1. The molecule has 0 aliphatic heterocycles. The van der Waals surface area contributed by atoms with Crippen LogP contribution >= 0.6 is 11.6 Å². The van der Waals surface area contributed by atoms with E-state index in [1.807, 2.05) is 0 Å². The van der Waals surface area contributed by atoms with Gasteiger partial charge in [0.1, 0.15) is 6.29 Å². The van der Waals surface area contributed by atoms with Crippen LogP contribution in [-0.4, -0.2) is 11.7 Å². The molecular formula is C10H9ClF3NO. The summed E-state index contributed by atoms with van der Waals surface area (Å²) in [5.41, 5.74) is 4.53. The largest absolute Gasteiger partial charge is 0.418 e. The number of nitrogens with two attached hydrogens (primary N) is 1. The lowest BCUT2D eigenvalue weighted by Gasteiger charge is -2.11. The summed E-state index contributed by atoms with van der Waals surface area (Å²) < 4.78 is 37.0. The van der Waals surface area contributed by atoms with Crippen LogP contribution in [0.25, 0.3) is 0 Å². The van der Waals surface area contributed by atoms with Crippen LogP contribution in [0.1, 0.15) is 11.1 Å². The van der Waals surface area contributed by atoms with Crippen LogP contribution in [0.2, 0.25) is 0 Å². The molecule has 88 valence electrons. The van der Waals surface area contributed by atoms with Gasteiger partial charge in [0.25, 0.3) is 0 Å². The van der Waals surface area contributed by atoms with Crippen molar-refractivity contribution in [3.8, 4) is 0 Å². The van der Waals surface area contributed by atoms with Crippen molar-refractivity contribution in [1.29, 1.82) is 0 Å². The van der Waals surface area contributed by atoms with Crippen molar-refractivity contribution in [3.63, 3.8) is 0 Å². The first-order valence-electron chi connectivity index (χ1n) is 4.39. The third-order valence-electron chi connectivity index (χ3n) is 2.00. The molecule has 0 heterocycles. The third-order valence-corrected chi connectivity index (χ3v) is 2.26. The number of hydrogen-bond acceptors (Lipinski definition) is 2. The summed E-state index contributed by atoms with van der Waals surface area (Å²) in [6.07, 6.45) is -3.78. The van der Waals surface area contributed by atoms with Crippen molar-refractivity contribution >= 4 is 23.6 Å². The smallest absolute Gasteiger partial charge is 0.398 e. The lowest BCUT2D eigenvalue weighted by Crippen LogP contribution is -2.10. The topological polar surface area (TPSA) is 43.1 Å². The molecule has 0 aromatic heterocycles. The minimum atomic E-state index is -4.46. The van der Waals surface area contributed by atoms with Crippen LogP contribution < -0.4 is 5.73 Å². The van der Waals surface area contributed by atoms with Crippen LogP contribution in [0, 0.1) is 0 Å². The molecule has 0 fully saturated rings. The molecule has 1 atom stereocenters. The Bertz CT molecular complexity index is 392. The van der Waals surface area contributed by atoms with Crippen molar-refractivity contribution in [2.75, 3.05) is 5.73 Å². The number of halogens is 4. The summed E-state index contributed by atoms with van der Waals surface area (Å²) in [7, 11) is 0. The Balaban J connectivity index is 2.95. The summed E-state index contributed by atoms with van der Waals surface area (Å²) >= 11 is 5.55. The highest BCUT2D eigenvalue weighted by Gasteiger charge is 2.32. The van der Waals surface area contributed by atoms with Crippen molar-refractivity contribution in [2.45, 2.75) is 18.0 Å². The molecule has 0 amide bonds. The van der Waals surface area contributed by atoms with E-state index in [1.54, 1.807) is 0 Å². The van der Waals surface area contributed by atoms with Crippen molar-refractivity contribution in [2.24, 2.45) is 0 Å². The van der Waals surface area contributed by atoms with Gasteiger partial charge in [0.05, 0.1) is 10.9 Å². The second kappa shape index (κ2) is 4.74. The van der Waals surface area contributed by atoms with E-state index in [0.29, 0.717) is 11.8 Å². The van der Waals surface area contributed by atoms with Gasteiger partial charge in [-0.15, -0.1) is 11.6 Å². The maximum atomic E-state index is 12.3. The van der Waals surface area contributed by atoms with Crippen LogP contribution in [-0.2, 0) is 17.4 Å². The average Bonchev–Trinajstić information content (AvgIpc) is 2.15. The molecule has 1 unspecified atom stereocenters. The molecule has 0 radical (unpaired) electrons. The maximum absolute atomic E-state index is 12.3. The summed E-state index contributed by atoms with van der Waals surface area (Å²) in [6, 6.07) is 3.33. The fraction of sp³-hybridized carbons (Fsp3) is 0.300. The predicted molar refractivity (Wildman–Crippen MR) is 55.3 cm³/mol. The predicted octanol–water partition coefficient (Wildman–Crippen LogP) is 2.64. The Labute approximate surface area is 95.2 Å². The van der Waals surface area contributed by atoms with Gasteiger partial charge >= 0.3 is 6.18 Å². The van der Waals surface area contributed by atoms with Crippen molar-refractivity contribution in [3.05, 3.63) is 29.3 Å². The van der Waals surface area contributed by atoms with E-state index in [1.165, 1.54) is 12.1 Å². The highest BCUT2D eigenvalue weighted by atomic mass is 35.5. The Hall–Kier alpha value is -1.23. The summed E-state index contributed by atoms with van der Waals surface area (Å²) in [6.45, 7) is 0. The lowest BCUT2D eigenvalue weighted by atomic mass is 10.1. The molecule has 0 aliphatic rings. The SMILES string of the molecule is Nc1cc(CC(Cl)C=O)ccc1C(F)(F)F. The molecule has 2 N–H and O–H groups in total. The number of carbonyl (C=O) groups is 1. The molecule has 1 rings (SSSR count). The maximum Gasteiger partial charge on any atom is 0.418 e. The molecule has 0 saturated carbocycles. The number of nitrogen functional groups attached to an aromatic ring is 1. The zero-order valence-electron chi connectivity index (χ0n) is 8.09. The van der Waals surface area contributed by atoms with E-state index in [9.17, 15) is 18.0 Å². The van der Waals surface area contributed by atoms with Gasteiger partial charge < -0.3 is 10.5 Å². The van der Waals surface area contributed by atoms with Gasteiger partial charge in [-0.3, -0.25) is 0 Å². The van der Waals surface area contributed by atoms with Gasteiger partial charge in [-0.2, -0.15) is 13.2 Å². The second-order valence-electron chi connectivity index (χ2n) is 3.28. The van der Waals surface area contributed by atoms with Gasteiger partial charge in [-0.25, -0.2) is 0 Å². The third kappa shape index (κ3) is 3.13. The van der Waals surface area contributed by atoms with Gasteiger partial charge in [0.15, 0.2) is 0 Å². The molecule has 0 aliphatic carbocycles. The number of anilines is 1. The van der Waals surface area contributed by atoms with Crippen molar-refractivity contribution < 1.29 is 18.0 Å². The highest BCUT2D eigenvalue weighted by molar-refractivity contribution is 6.27. The van der Waals surface area contributed by atoms with Gasteiger partial charge in [0.2, 0.25) is 0 Å². The fourth-order valence-electron chi connectivity index (χ4n) is 1.27. The van der Waals surface area contributed by atoms with E-state index >= 15 is 0 Å². The zero-order chi connectivity index (χ0) is 12.3. The molecule has 1 aromatic carbocycles. The average molecular weight is 252 g/mol. The molecule has 0 spiro atoms. The summed E-state index contributed by atoms with van der Waals surface area (Å²) in [5.74, 6) is 0. The van der Waals surface area contributed by atoms with Gasteiger partial charge in [0, 0.05) is 5.69 Å². The lowest BCUT2D eigenvalue weighted by molar-refractivity contribution is -0.136. The van der Waals surface area contributed by atoms with E-state index in [-0.39, 0.29) is 12.1 Å². The number of alkyl halides is 4. The Morgan fingerprint density at radius 1 is 1.44 bits per heavy atom. The molecular weight excluding hydrogens is 243 g/mol. The van der Waals surface area contributed by atoms with Gasteiger partial charge in [-0.05, 0) is 24.1 Å². The van der Waals surface area contributed by atoms with E-state index in [4.69, 9.17) is 17.3 Å². The number of carbonyl (C=O) groups excluding carboxylic acids is 1. The second-order valence-corrected chi connectivity index (χ2v) is 3.84. The van der Waals surface area contributed by atoms with Crippen molar-refractivity contribution in [1.82, 2.24) is 0 Å². The van der Waals surface area contributed by atoms with Crippen LogP contribution in [0.5, 0.6) is 0 Å². The summed E-state index contributed by atoms with van der Waals surface area (Å²) in [5, 5.41) is -0.754. The first-order chi connectivity index (χ1) is 7.34. The number of benzene rings is 1. The molecule has 0 saturated heterocycles. The molecule has 6 heteroatoms. The summed E-state index contributed by atoms with van der Waals surface area (Å²) in [4.78, 5) is 10.3. The Morgan fingerprint density at radius 2 is 2.06 bits per heavy atom. The molecule has 16 heavy (non-hydrogen) atoms. The molecule has 0 bridgehead atoms. The Morgan fingerprint density at radius 3 is 2.50 bits per heavy atom. The standard InChI is InChI=1S/C10H9ClF3NO/c11-7(5-16)3-6-1-2-8(9(15)4-6)10(12,13)14/h1-2,4-5,7H,3,15H2. The van der Waals surface area contributed by atoms with Crippen LogP contribution in [0.4, 0.5) is 18.9 Å². The number of aldehydes is 1. The van der Waals surface area contributed by atoms with E-state index in [2.05, 4.69) is 0 Å². The monoisotopic (exact) mass is 251 g/mol. The van der Waals surface area contributed by atoms with E-state index < -0.39 is 17.1 Å². The Kier molecular flexibility index (Phi) is 3.80. The zero-order valence-corrected chi connectivity index (χ0v) is 8.85. The van der Waals surface area contributed by atoms with Crippen LogP contribution in [0.3, 0.4) is 0 Å².